The van der Waals surface area contributed by atoms with Crippen molar-refractivity contribution in [2.75, 3.05) is 29.4 Å². The Bertz CT molecular complexity index is 4500. The van der Waals surface area contributed by atoms with Crippen molar-refractivity contribution < 1.29 is 38.1 Å². The summed E-state index contributed by atoms with van der Waals surface area (Å²) in [6.45, 7) is 3.89. The molecule has 18 rings (SSSR count). The number of rotatable bonds is 7. The van der Waals surface area contributed by atoms with Crippen LogP contribution in [0.2, 0.25) is 0 Å². The van der Waals surface area contributed by atoms with Gasteiger partial charge in [0, 0.05) is 0 Å². The molecular weight excluding hydrogens is 1150 g/mol. The standard InChI is InChI=1S/C78H48N6O8/c1-45-43-47(79-75(85)71-59(81-51-19-3-11-27-63(51)89-64-28-12-4-20-52(64)81)39-40-60(72(71)76(79)86)82-53-21-5-13-29-65(53)90-66-30-14-6-22-54(66)82)35-37-49(45)50-38-36-48(44-46(50)2)80-77(87)73-61(83-55-23-7-15-31-67(55)91-68-32-16-8-24-56(68)83)41-42-62(74(73)78(80)88)84-57-25-9-17-33-69(57)92-70-34-18-10-26-58(70)84/h3-44H,1-2H3. The molecule has 0 atom stereocenters. The first-order chi connectivity index (χ1) is 45.2. The minimum absolute atomic E-state index is 0.222. The number of carbonyl (C=O) groups is 4. The van der Waals surface area contributed by atoms with Crippen LogP contribution in [0.15, 0.2) is 255 Å². The predicted octanol–water partition coefficient (Wildman–Crippen LogP) is 19.9. The Balaban J connectivity index is 0.738. The van der Waals surface area contributed by atoms with Gasteiger partial charge >= 0.3 is 0 Å². The van der Waals surface area contributed by atoms with E-state index in [1.807, 2.05) is 276 Å². The Hall–Kier alpha value is -12.7. The first kappa shape index (κ1) is 52.4. The average molecular weight is 1200 g/mol. The van der Waals surface area contributed by atoms with Crippen molar-refractivity contribution >= 4 is 103 Å². The fraction of sp³-hybridized carbons (Fsp3) is 0.0256. The van der Waals surface area contributed by atoms with E-state index < -0.39 is 23.6 Å². The molecule has 0 aromatic heterocycles. The minimum Gasteiger partial charge on any atom is -0.453 e. The molecule has 0 aliphatic carbocycles. The number of imide groups is 2. The van der Waals surface area contributed by atoms with E-state index in [4.69, 9.17) is 18.9 Å². The second kappa shape index (κ2) is 19.9. The van der Waals surface area contributed by atoms with E-state index in [0.717, 1.165) is 22.3 Å². The van der Waals surface area contributed by atoms with Crippen molar-refractivity contribution in [3.63, 3.8) is 0 Å². The highest BCUT2D eigenvalue weighted by Crippen LogP contribution is 2.59. The number of anilines is 14. The average Bonchev–Trinajstić information content (AvgIpc) is 1.50. The summed E-state index contributed by atoms with van der Waals surface area (Å²) in [4.78, 5) is 73.8. The summed E-state index contributed by atoms with van der Waals surface area (Å²) in [6.07, 6.45) is 0. The van der Waals surface area contributed by atoms with Crippen molar-refractivity contribution in [3.05, 3.63) is 288 Å². The molecule has 6 heterocycles. The second-order valence-corrected chi connectivity index (χ2v) is 23.1. The van der Waals surface area contributed by atoms with Gasteiger partial charge in [-0.3, -0.25) is 19.2 Å². The molecular formula is C78H48N6O8. The zero-order valence-electron chi connectivity index (χ0n) is 49.2. The van der Waals surface area contributed by atoms with E-state index in [1.54, 1.807) is 12.1 Å². The molecule has 0 fully saturated rings. The van der Waals surface area contributed by atoms with Gasteiger partial charge in [0.05, 0.1) is 102 Å². The number of aryl methyl sites for hydroxylation is 2. The van der Waals surface area contributed by atoms with Crippen LogP contribution in [-0.2, 0) is 0 Å². The third kappa shape index (κ3) is 7.61. The van der Waals surface area contributed by atoms with Crippen molar-refractivity contribution in [3.8, 4) is 57.1 Å². The van der Waals surface area contributed by atoms with Gasteiger partial charge in [-0.15, -0.1) is 0 Å². The molecule has 14 heteroatoms. The van der Waals surface area contributed by atoms with Gasteiger partial charge in [-0.1, -0.05) is 109 Å². The number of ether oxygens (including phenoxy) is 4. The molecule has 0 unspecified atom stereocenters. The van der Waals surface area contributed by atoms with E-state index in [2.05, 4.69) is 0 Å². The van der Waals surface area contributed by atoms with Crippen LogP contribution in [0, 0.1) is 13.8 Å². The largest absolute Gasteiger partial charge is 0.453 e. The van der Waals surface area contributed by atoms with Crippen LogP contribution < -0.4 is 48.3 Å². The van der Waals surface area contributed by atoms with Gasteiger partial charge in [0.25, 0.3) is 23.6 Å². The molecule has 438 valence electrons. The summed E-state index contributed by atoms with van der Waals surface area (Å²) in [5, 5.41) is 0. The normalized spacial score (nSPS) is 14.3. The number of hydrogen-bond donors (Lipinski definition) is 0. The maximum absolute atomic E-state index is 15.8. The maximum atomic E-state index is 15.8. The number of fused-ring (bicyclic) bond motifs is 10. The molecule has 12 aromatic rings. The third-order valence-electron chi connectivity index (χ3n) is 17.9. The lowest BCUT2D eigenvalue weighted by Crippen LogP contribution is -2.30. The zero-order valence-corrected chi connectivity index (χ0v) is 49.2. The Morgan fingerprint density at radius 3 is 0.609 bits per heavy atom. The van der Waals surface area contributed by atoms with E-state index >= 15 is 19.2 Å². The number of para-hydroxylation sites is 16. The van der Waals surface area contributed by atoms with E-state index in [0.29, 0.717) is 126 Å². The number of hydrogen-bond acceptors (Lipinski definition) is 12. The quantitative estimate of drug-likeness (QED) is 0.141. The topological polar surface area (TPSA) is 125 Å². The Morgan fingerprint density at radius 1 is 0.217 bits per heavy atom. The molecule has 4 amide bonds. The van der Waals surface area contributed by atoms with E-state index in [1.165, 1.54) is 9.80 Å². The van der Waals surface area contributed by atoms with Crippen LogP contribution >= 0.6 is 0 Å². The minimum atomic E-state index is -0.498. The summed E-state index contributed by atoms with van der Waals surface area (Å²) in [5.74, 6) is 2.78. The van der Waals surface area contributed by atoms with Crippen LogP contribution in [0.5, 0.6) is 46.0 Å². The van der Waals surface area contributed by atoms with Gasteiger partial charge in [-0.05, 0) is 182 Å². The van der Waals surface area contributed by atoms with Gasteiger partial charge < -0.3 is 38.5 Å². The monoisotopic (exact) mass is 1200 g/mol. The summed E-state index contributed by atoms with van der Waals surface area (Å²) < 4.78 is 25.7. The highest BCUT2D eigenvalue weighted by Gasteiger charge is 2.47. The SMILES string of the molecule is Cc1cc(N2C(=O)c3c(N4c5ccccc5Oc5ccccc54)ccc(N4c5ccccc5Oc5ccccc54)c3C2=O)ccc1-c1ccc(N2C(=O)c3c(N4c5ccccc5Oc5ccccc54)ccc(N4c5ccccc5Oc5ccccc54)c3C2=O)cc1C. The van der Waals surface area contributed by atoms with Gasteiger partial charge in [0.2, 0.25) is 0 Å². The molecule has 0 bridgehead atoms. The van der Waals surface area contributed by atoms with Crippen molar-refractivity contribution in [2.45, 2.75) is 13.8 Å². The fourth-order valence-corrected chi connectivity index (χ4v) is 13.9. The lowest BCUT2D eigenvalue weighted by molar-refractivity contribution is 0.0910. The second-order valence-electron chi connectivity index (χ2n) is 23.1. The molecule has 92 heavy (non-hydrogen) atoms. The Kier molecular flexibility index (Phi) is 11.4. The van der Waals surface area contributed by atoms with Crippen LogP contribution in [-0.4, -0.2) is 23.6 Å². The van der Waals surface area contributed by atoms with E-state index in [-0.39, 0.29) is 22.3 Å². The lowest BCUT2D eigenvalue weighted by Gasteiger charge is -2.35. The predicted molar refractivity (Wildman–Crippen MR) is 356 cm³/mol. The van der Waals surface area contributed by atoms with E-state index in [9.17, 15) is 0 Å². The van der Waals surface area contributed by atoms with Crippen LogP contribution in [0.25, 0.3) is 11.1 Å². The molecule has 0 radical (unpaired) electrons. The summed E-state index contributed by atoms with van der Waals surface area (Å²) in [7, 11) is 0. The van der Waals surface area contributed by atoms with Crippen molar-refractivity contribution in [2.24, 2.45) is 0 Å². The van der Waals surface area contributed by atoms with Gasteiger partial charge in [-0.25, -0.2) is 9.80 Å². The molecule has 14 nitrogen and oxygen atoms in total. The van der Waals surface area contributed by atoms with Gasteiger partial charge in [0.15, 0.2) is 46.0 Å². The molecule has 0 spiro atoms. The Labute approximate surface area is 527 Å². The maximum Gasteiger partial charge on any atom is 0.268 e. The van der Waals surface area contributed by atoms with Crippen molar-refractivity contribution in [1.29, 1.82) is 0 Å². The van der Waals surface area contributed by atoms with Gasteiger partial charge in [0.1, 0.15) is 0 Å². The first-order valence-corrected chi connectivity index (χ1v) is 30.1. The van der Waals surface area contributed by atoms with Crippen LogP contribution in [0.1, 0.15) is 52.6 Å². The molecule has 6 aliphatic heterocycles. The molecule has 0 saturated carbocycles. The number of amides is 4. The smallest absolute Gasteiger partial charge is 0.268 e. The third-order valence-corrected chi connectivity index (χ3v) is 17.9. The highest BCUT2D eigenvalue weighted by molar-refractivity contribution is 6.39. The first-order valence-electron chi connectivity index (χ1n) is 30.1. The van der Waals surface area contributed by atoms with Crippen LogP contribution in [0.4, 0.5) is 79.6 Å². The lowest BCUT2D eigenvalue weighted by atomic mass is 9.95. The number of carbonyl (C=O) groups excluding carboxylic acids is 4. The highest BCUT2D eigenvalue weighted by atomic mass is 16.5. The fourth-order valence-electron chi connectivity index (χ4n) is 13.9. The molecule has 6 aliphatic rings. The number of nitrogens with zero attached hydrogens (tertiary/aromatic N) is 6. The van der Waals surface area contributed by atoms with Gasteiger partial charge in [-0.2, -0.15) is 0 Å². The molecule has 0 saturated heterocycles. The molecule has 12 aromatic carbocycles. The van der Waals surface area contributed by atoms with Crippen molar-refractivity contribution in [1.82, 2.24) is 0 Å². The summed E-state index contributed by atoms with van der Waals surface area (Å²) >= 11 is 0. The summed E-state index contributed by atoms with van der Waals surface area (Å²) in [5.41, 5.74) is 12.5. The summed E-state index contributed by atoms with van der Waals surface area (Å²) in [6, 6.07) is 80.0. The molecule has 0 N–H and O–H groups in total. The Morgan fingerprint density at radius 2 is 0.413 bits per heavy atom. The van der Waals surface area contributed by atoms with Crippen LogP contribution in [0.3, 0.4) is 0 Å². The zero-order chi connectivity index (χ0) is 61.6. The number of benzene rings is 12.